The van der Waals surface area contributed by atoms with Crippen molar-refractivity contribution in [2.75, 3.05) is 11.5 Å². The maximum absolute atomic E-state index is 12.0. The minimum absolute atomic E-state index is 0.0237. The number of sulfone groups is 1. The topological polar surface area (TPSA) is 60.2 Å². The fourth-order valence-electron chi connectivity index (χ4n) is 2.71. The molecule has 0 aliphatic carbocycles. The Bertz CT molecular complexity index is 524. The van der Waals surface area contributed by atoms with Gasteiger partial charge in [0, 0.05) is 6.04 Å². The Kier molecular flexibility index (Phi) is 5.16. The van der Waals surface area contributed by atoms with Gasteiger partial charge in [-0.3, -0.25) is 0 Å². The second-order valence-corrected chi connectivity index (χ2v) is 8.04. The highest BCUT2D eigenvalue weighted by Crippen LogP contribution is 2.23. The summed E-state index contributed by atoms with van der Waals surface area (Å²) in [6, 6.07) is 3.67. The van der Waals surface area contributed by atoms with E-state index in [4.69, 9.17) is 5.73 Å². The van der Waals surface area contributed by atoms with Crippen LogP contribution in [0.2, 0.25) is 0 Å². The van der Waals surface area contributed by atoms with E-state index in [1.54, 1.807) is 0 Å². The van der Waals surface area contributed by atoms with E-state index in [0.717, 1.165) is 16.7 Å². The van der Waals surface area contributed by atoms with Gasteiger partial charge in [-0.15, -0.1) is 0 Å². The van der Waals surface area contributed by atoms with E-state index in [9.17, 15) is 8.42 Å². The van der Waals surface area contributed by atoms with Gasteiger partial charge in [0.15, 0.2) is 9.84 Å². The van der Waals surface area contributed by atoms with Crippen molar-refractivity contribution < 1.29 is 8.42 Å². The summed E-state index contributed by atoms with van der Waals surface area (Å²) in [7, 11) is -3.10. The highest BCUT2D eigenvalue weighted by atomic mass is 32.2. The molecular formula is C15H25NO2S. The predicted molar refractivity (Wildman–Crippen MR) is 81.1 cm³/mol. The molecule has 0 bridgehead atoms. The van der Waals surface area contributed by atoms with Crippen LogP contribution in [-0.4, -0.2) is 19.9 Å². The maximum atomic E-state index is 12.0. The molecule has 0 saturated heterocycles. The Balaban J connectivity index is 2.99. The van der Waals surface area contributed by atoms with Crippen molar-refractivity contribution in [1.29, 1.82) is 0 Å². The Morgan fingerprint density at radius 3 is 1.95 bits per heavy atom. The van der Waals surface area contributed by atoms with Crippen LogP contribution in [0.15, 0.2) is 12.1 Å². The van der Waals surface area contributed by atoms with Crippen molar-refractivity contribution >= 4 is 9.84 Å². The third-order valence-electron chi connectivity index (χ3n) is 3.13. The van der Waals surface area contributed by atoms with Crippen molar-refractivity contribution in [2.45, 2.75) is 40.7 Å². The van der Waals surface area contributed by atoms with Crippen LogP contribution in [0.25, 0.3) is 0 Å². The summed E-state index contributed by atoms with van der Waals surface area (Å²) in [5.74, 6) is 0.359. The Labute approximate surface area is 117 Å². The molecule has 0 aliphatic heterocycles. The second kappa shape index (κ2) is 6.06. The Hall–Kier alpha value is -0.870. The van der Waals surface area contributed by atoms with Crippen LogP contribution in [0.1, 0.15) is 42.1 Å². The van der Waals surface area contributed by atoms with E-state index in [1.807, 2.05) is 34.6 Å². The average Bonchev–Trinajstić information content (AvgIpc) is 2.10. The van der Waals surface area contributed by atoms with E-state index in [2.05, 4.69) is 12.1 Å². The molecule has 19 heavy (non-hydrogen) atoms. The molecule has 0 radical (unpaired) electrons. The van der Waals surface area contributed by atoms with Gasteiger partial charge in [0.25, 0.3) is 0 Å². The monoisotopic (exact) mass is 283 g/mol. The third-order valence-corrected chi connectivity index (χ3v) is 5.17. The number of hydrogen-bond acceptors (Lipinski definition) is 3. The van der Waals surface area contributed by atoms with E-state index < -0.39 is 15.9 Å². The molecule has 0 amide bonds. The Morgan fingerprint density at radius 2 is 1.53 bits per heavy atom. The molecule has 108 valence electrons. The van der Waals surface area contributed by atoms with Gasteiger partial charge in [-0.1, -0.05) is 31.5 Å². The highest BCUT2D eigenvalue weighted by molar-refractivity contribution is 7.91. The van der Waals surface area contributed by atoms with Gasteiger partial charge in [-0.05, 0) is 43.4 Å². The summed E-state index contributed by atoms with van der Waals surface area (Å²) in [6.07, 6.45) is 0. The fraction of sp³-hybridized carbons (Fsp3) is 0.600. The number of rotatable bonds is 5. The molecule has 1 aromatic carbocycles. The van der Waals surface area contributed by atoms with Gasteiger partial charge in [0.05, 0.1) is 11.5 Å². The lowest BCUT2D eigenvalue weighted by molar-refractivity contribution is 0.575. The van der Waals surface area contributed by atoms with Crippen LogP contribution in [0.4, 0.5) is 0 Å². The van der Waals surface area contributed by atoms with E-state index in [-0.39, 0.29) is 17.4 Å². The summed E-state index contributed by atoms with van der Waals surface area (Å²) in [5.41, 5.74) is 10.4. The molecule has 0 spiro atoms. The number of aryl methyl sites for hydroxylation is 3. The predicted octanol–water partition coefficient (Wildman–Crippen LogP) is 2.68. The minimum Gasteiger partial charge on any atom is -0.323 e. The van der Waals surface area contributed by atoms with Crippen LogP contribution in [0, 0.1) is 26.7 Å². The summed E-state index contributed by atoms with van der Waals surface area (Å²) >= 11 is 0. The summed E-state index contributed by atoms with van der Waals surface area (Å²) in [4.78, 5) is 0. The van der Waals surface area contributed by atoms with E-state index in [1.165, 1.54) is 5.56 Å². The maximum Gasteiger partial charge on any atom is 0.152 e. The van der Waals surface area contributed by atoms with Crippen molar-refractivity contribution in [2.24, 2.45) is 11.7 Å². The molecule has 2 N–H and O–H groups in total. The molecule has 0 aromatic heterocycles. The Morgan fingerprint density at radius 1 is 1.05 bits per heavy atom. The first-order chi connectivity index (χ1) is 8.62. The zero-order valence-electron chi connectivity index (χ0n) is 12.5. The molecule has 0 saturated carbocycles. The highest BCUT2D eigenvalue weighted by Gasteiger charge is 2.21. The molecule has 0 aliphatic rings. The molecular weight excluding hydrogens is 258 g/mol. The first-order valence-electron chi connectivity index (χ1n) is 6.66. The zero-order chi connectivity index (χ0) is 14.8. The molecule has 1 rings (SSSR count). The largest absolute Gasteiger partial charge is 0.323 e. The standard InChI is InChI=1S/C15H25NO2S/c1-10(2)8-19(17,18)9-14(16)15-12(4)6-11(3)7-13(15)5/h6-7,10,14H,8-9,16H2,1-5H3. The summed E-state index contributed by atoms with van der Waals surface area (Å²) in [5, 5.41) is 0. The molecule has 1 unspecified atom stereocenters. The molecule has 0 heterocycles. The van der Waals surface area contributed by atoms with Crippen LogP contribution < -0.4 is 5.73 Å². The van der Waals surface area contributed by atoms with Gasteiger partial charge in [-0.2, -0.15) is 0 Å². The van der Waals surface area contributed by atoms with Crippen molar-refractivity contribution in [3.05, 3.63) is 34.4 Å². The van der Waals surface area contributed by atoms with Crippen LogP contribution >= 0.6 is 0 Å². The normalized spacial score (nSPS) is 13.8. The van der Waals surface area contributed by atoms with Gasteiger partial charge in [-0.25, -0.2) is 8.42 Å². The molecule has 1 atom stereocenters. The fourth-order valence-corrected chi connectivity index (χ4v) is 4.57. The van der Waals surface area contributed by atoms with Crippen LogP contribution in [0.5, 0.6) is 0 Å². The second-order valence-electron chi connectivity index (χ2n) is 5.89. The first-order valence-corrected chi connectivity index (χ1v) is 8.48. The molecule has 3 nitrogen and oxygen atoms in total. The van der Waals surface area contributed by atoms with E-state index >= 15 is 0 Å². The number of hydrogen-bond donors (Lipinski definition) is 1. The van der Waals surface area contributed by atoms with Gasteiger partial charge in [0.2, 0.25) is 0 Å². The lowest BCUT2D eigenvalue weighted by atomic mass is 9.95. The molecule has 4 heteroatoms. The lowest BCUT2D eigenvalue weighted by Crippen LogP contribution is -2.26. The molecule has 0 fully saturated rings. The quantitative estimate of drug-likeness (QED) is 0.903. The van der Waals surface area contributed by atoms with E-state index in [0.29, 0.717) is 0 Å². The number of nitrogens with two attached hydrogens (primary N) is 1. The summed E-state index contributed by atoms with van der Waals surface area (Å²) in [6.45, 7) is 9.83. The lowest BCUT2D eigenvalue weighted by Gasteiger charge is -2.19. The zero-order valence-corrected chi connectivity index (χ0v) is 13.3. The van der Waals surface area contributed by atoms with Gasteiger partial charge in [0.1, 0.15) is 0 Å². The molecule has 1 aromatic rings. The van der Waals surface area contributed by atoms with Crippen LogP contribution in [0.3, 0.4) is 0 Å². The van der Waals surface area contributed by atoms with Crippen molar-refractivity contribution in [3.8, 4) is 0 Å². The first kappa shape index (κ1) is 16.2. The number of benzene rings is 1. The smallest absolute Gasteiger partial charge is 0.152 e. The SMILES string of the molecule is Cc1cc(C)c(C(N)CS(=O)(=O)CC(C)C)c(C)c1. The third kappa shape index (κ3) is 4.62. The minimum atomic E-state index is -3.10. The van der Waals surface area contributed by atoms with Gasteiger partial charge >= 0.3 is 0 Å². The van der Waals surface area contributed by atoms with Crippen molar-refractivity contribution in [1.82, 2.24) is 0 Å². The summed E-state index contributed by atoms with van der Waals surface area (Å²) < 4.78 is 24.1. The van der Waals surface area contributed by atoms with Crippen LogP contribution in [-0.2, 0) is 9.84 Å². The van der Waals surface area contributed by atoms with Crippen molar-refractivity contribution in [3.63, 3.8) is 0 Å². The average molecular weight is 283 g/mol. The van der Waals surface area contributed by atoms with Gasteiger partial charge < -0.3 is 5.73 Å².